The average Bonchev–Trinajstić information content (AvgIpc) is 3.11. The Hall–Kier alpha value is -3.15. The zero-order valence-electron chi connectivity index (χ0n) is 16.4. The topological polar surface area (TPSA) is 127 Å². The van der Waals surface area contributed by atoms with Crippen molar-refractivity contribution < 1.29 is 18.0 Å². The molecule has 1 amide bonds. The standard InChI is InChI=1S/C19H19ClN6O4S/c1-30-25-19(27)13-4-2-3-5-15(13)22-16-9-17(21-10-14(16)20)23-18-8-12-11-31(28,29)7-6-26(12)24-18/h2-5,8-10H,6-7,11H2,1H3,(H,25,27)(H2,21,22,23,24). The monoisotopic (exact) mass is 462 g/mol. The summed E-state index contributed by atoms with van der Waals surface area (Å²) < 4.78 is 25.3. The van der Waals surface area contributed by atoms with E-state index in [0.717, 1.165) is 0 Å². The van der Waals surface area contributed by atoms with Crippen LogP contribution in [0.1, 0.15) is 16.1 Å². The van der Waals surface area contributed by atoms with Crippen molar-refractivity contribution in [3.63, 3.8) is 0 Å². The molecule has 0 saturated heterocycles. The van der Waals surface area contributed by atoms with Crippen LogP contribution in [-0.4, -0.2) is 42.0 Å². The van der Waals surface area contributed by atoms with Gasteiger partial charge in [0.1, 0.15) is 5.82 Å². The summed E-state index contributed by atoms with van der Waals surface area (Å²) in [6.45, 7) is 0.320. The zero-order valence-corrected chi connectivity index (χ0v) is 18.0. The minimum Gasteiger partial charge on any atom is -0.353 e. The van der Waals surface area contributed by atoms with E-state index in [4.69, 9.17) is 16.4 Å². The van der Waals surface area contributed by atoms with Crippen LogP contribution in [0.5, 0.6) is 0 Å². The van der Waals surface area contributed by atoms with Crippen molar-refractivity contribution in [2.75, 3.05) is 23.5 Å². The number of aromatic nitrogens is 3. The second-order valence-corrected chi connectivity index (χ2v) is 9.41. The predicted molar refractivity (Wildman–Crippen MR) is 116 cm³/mol. The lowest BCUT2D eigenvalue weighted by molar-refractivity contribution is 0.0538. The number of hydroxylamine groups is 1. The Morgan fingerprint density at radius 2 is 1.97 bits per heavy atom. The second-order valence-electron chi connectivity index (χ2n) is 6.82. The number of fused-ring (bicyclic) bond motifs is 1. The van der Waals surface area contributed by atoms with E-state index in [-0.39, 0.29) is 11.5 Å². The van der Waals surface area contributed by atoms with E-state index in [9.17, 15) is 13.2 Å². The molecule has 2 aromatic heterocycles. The highest BCUT2D eigenvalue weighted by Gasteiger charge is 2.23. The zero-order chi connectivity index (χ0) is 22.0. The first-order valence-electron chi connectivity index (χ1n) is 9.24. The highest BCUT2D eigenvalue weighted by molar-refractivity contribution is 7.90. The first-order chi connectivity index (χ1) is 14.8. The Kier molecular flexibility index (Phi) is 5.81. The summed E-state index contributed by atoms with van der Waals surface area (Å²) in [5.74, 6) is 0.553. The van der Waals surface area contributed by atoms with Gasteiger partial charge in [0.05, 0.1) is 59.0 Å². The number of aryl methyl sites for hydroxylation is 1. The van der Waals surface area contributed by atoms with Gasteiger partial charge in [-0.15, -0.1) is 0 Å². The third-order valence-electron chi connectivity index (χ3n) is 4.59. The van der Waals surface area contributed by atoms with Gasteiger partial charge in [0.15, 0.2) is 15.7 Å². The van der Waals surface area contributed by atoms with Crippen molar-refractivity contribution >= 4 is 50.4 Å². The molecule has 0 saturated carbocycles. The van der Waals surface area contributed by atoms with Gasteiger partial charge in [-0.1, -0.05) is 23.7 Å². The first-order valence-corrected chi connectivity index (χ1v) is 11.4. The number of para-hydroxylation sites is 1. The number of nitrogens with one attached hydrogen (secondary N) is 3. The van der Waals surface area contributed by atoms with Crippen LogP contribution in [0.15, 0.2) is 42.6 Å². The van der Waals surface area contributed by atoms with Gasteiger partial charge in [-0.25, -0.2) is 18.9 Å². The third kappa shape index (κ3) is 4.79. The fraction of sp³-hybridized carbons (Fsp3) is 0.211. The summed E-state index contributed by atoms with van der Waals surface area (Å²) in [5.41, 5.74) is 4.32. The number of halogens is 1. The van der Waals surface area contributed by atoms with Crippen molar-refractivity contribution in [2.24, 2.45) is 0 Å². The van der Waals surface area contributed by atoms with E-state index >= 15 is 0 Å². The molecule has 0 bridgehead atoms. The summed E-state index contributed by atoms with van der Waals surface area (Å²) in [5, 5.41) is 10.9. The molecular formula is C19H19ClN6O4S. The molecule has 0 aliphatic carbocycles. The maximum absolute atomic E-state index is 12.2. The Labute approximate surface area is 183 Å². The SMILES string of the molecule is CONC(=O)c1ccccc1Nc1cc(Nc2cc3n(n2)CCS(=O)(=O)C3)ncc1Cl. The van der Waals surface area contributed by atoms with Gasteiger partial charge < -0.3 is 10.6 Å². The number of hydrogen-bond acceptors (Lipinski definition) is 8. The van der Waals surface area contributed by atoms with Gasteiger partial charge >= 0.3 is 0 Å². The molecule has 3 heterocycles. The van der Waals surface area contributed by atoms with Gasteiger partial charge in [0.25, 0.3) is 5.91 Å². The van der Waals surface area contributed by atoms with E-state index in [1.165, 1.54) is 13.3 Å². The fourth-order valence-electron chi connectivity index (χ4n) is 3.17. The van der Waals surface area contributed by atoms with Gasteiger partial charge in [0, 0.05) is 12.1 Å². The number of carbonyl (C=O) groups excluding carboxylic acids is 1. The molecule has 1 aromatic carbocycles. The highest BCUT2D eigenvalue weighted by Crippen LogP contribution is 2.30. The van der Waals surface area contributed by atoms with Crippen LogP contribution >= 0.6 is 11.6 Å². The predicted octanol–water partition coefficient (Wildman–Crippen LogP) is 2.64. The lowest BCUT2D eigenvalue weighted by atomic mass is 10.1. The molecule has 1 aliphatic heterocycles. The van der Waals surface area contributed by atoms with Crippen molar-refractivity contribution in [2.45, 2.75) is 12.3 Å². The molecule has 3 aromatic rings. The van der Waals surface area contributed by atoms with E-state index < -0.39 is 15.7 Å². The molecule has 1 aliphatic rings. The normalized spacial score (nSPS) is 14.5. The number of nitrogens with zero attached hydrogens (tertiary/aromatic N) is 3. The maximum atomic E-state index is 12.2. The third-order valence-corrected chi connectivity index (χ3v) is 6.43. The van der Waals surface area contributed by atoms with Gasteiger partial charge in [-0.2, -0.15) is 5.10 Å². The Morgan fingerprint density at radius 1 is 1.16 bits per heavy atom. The van der Waals surface area contributed by atoms with Crippen LogP contribution in [0.25, 0.3) is 0 Å². The molecule has 0 spiro atoms. The molecule has 0 atom stereocenters. The summed E-state index contributed by atoms with van der Waals surface area (Å²) in [6, 6.07) is 10.3. The quantitative estimate of drug-likeness (QED) is 0.477. The van der Waals surface area contributed by atoms with Crippen LogP contribution in [0.4, 0.5) is 23.0 Å². The number of amides is 1. The maximum Gasteiger partial charge on any atom is 0.276 e. The number of pyridine rings is 1. The smallest absolute Gasteiger partial charge is 0.276 e. The molecule has 162 valence electrons. The lowest BCUT2D eigenvalue weighted by Crippen LogP contribution is -2.24. The molecule has 3 N–H and O–H groups in total. The Morgan fingerprint density at radius 3 is 2.77 bits per heavy atom. The van der Waals surface area contributed by atoms with Crippen LogP contribution in [0, 0.1) is 0 Å². The minimum absolute atomic E-state index is 0.0388. The summed E-state index contributed by atoms with van der Waals surface area (Å²) >= 11 is 6.29. The second kappa shape index (κ2) is 8.53. The van der Waals surface area contributed by atoms with Crippen LogP contribution in [0.3, 0.4) is 0 Å². The molecule has 0 radical (unpaired) electrons. The largest absolute Gasteiger partial charge is 0.353 e. The molecule has 10 nitrogen and oxygen atoms in total. The van der Waals surface area contributed by atoms with Crippen LogP contribution < -0.4 is 16.1 Å². The highest BCUT2D eigenvalue weighted by atomic mass is 35.5. The number of carbonyl (C=O) groups is 1. The number of sulfone groups is 1. The van der Waals surface area contributed by atoms with Gasteiger partial charge in [-0.3, -0.25) is 14.3 Å². The molecular weight excluding hydrogens is 444 g/mol. The van der Waals surface area contributed by atoms with E-state index in [0.29, 0.717) is 45.8 Å². The van der Waals surface area contributed by atoms with Crippen LogP contribution in [0.2, 0.25) is 5.02 Å². The molecule has 12 heteroatoms. The van der Waals surface area contributed by atoms with Crippen LogP contribution in [-0.2, 0) is 27.0 Å². The van der Waals surface area contributed by atoms with E-state index in [2.05, 4.69) is 26.2 Å². The van der Waals surface area contributed by atoms with Gasteiger partial charge in [0.2, 0.25) is 0 Å². The lowest BCUT2D eigenvalue weighted by Gasteiger charge is -2.13. The van der Waals surface area contributed by atoms with E-state index in [1.54, 1.807) is 41.1 Å². The number of rotatable bonds is 6. The summed E-state index contributed by atoms with van der Waals surface area (Å²) in [6.07, 6.45) is 1.46. The van der Waals surface area contributed by atoms with Crippen molar-refractivity contribution in [3.8, 4) is 0 Å². The fourth-order valence-corrected chi connectivity index (χ4v) is 4.60. The Bertz CT molecular complexity index is 1240. The minimum atomic E-state index is -3.09. The van der Waals surface area contributed by atoms with Crippen molar-refractivity contribution in [1.29, 1.82) is 0 Å². The van der Waals surface area contributed by atoms with Crippen molar-refractivity contribution in [3.05, 3.63) is 58.9 Å². The molecule has 0 fully saturated rings. The Balaban J connectivity index is 1.57. The number of anilines is 4. The molecule has 31 heavy (non-hydrogen) atoms. The molecule has 4 rings (SSSR count). The van der Waals surface area contributed by atoms with E-state index in [1.807, 2.05) is 0 Å². The summed E-state index contributed by atoms with van der Waals surface area (Å²) in [4.78, 5) is 21.2. The number of benzene rings is 1. The van der Waals surface area contributed by atoms with Gasteiger partial charge in [-0.05, 0) is 12.1 Å². The van der Waals surface area contributed by atoms with Crippen molar-refractivity contribution in [1.82, 2.24) is 20.2 Å². The summed E-state index contributed by atoms with van der Waals surface area (Å²) in [7, 11) is -1.74. The first kappa shape index (κ1) is 21.1. The molecule has 0 unspecified atom stereocenters. The average molecular weight is 463 g/mol. The number of hydrogen-bond donors (Lipinski definition) is 3.